The molecule has 5 heteroatoms. The number of benzene rings is 1. The molecule has 0 amide bonds. The van der Waals surface area contributed by atoms with Crippen molar-refractivity contribution in [3.05, 3.63) is 41.1 Å². The van der Waals surface area contributed by atoms with Crippen molar-refractivity contribution in [2.24, 2.45) is 0 Å². The molecule has 0 radical (unpaired) electrons. The summed E-state index contributed by atoms with van der Waals surface area (Å²) in [6.45, 7) is 0.869. The van der Waals surface area contributed by atoms with Crippen LogP contribution in [-0.4, -0.2) is 28.2 Å². The lowest BCUT2D eigenvalue weighted by molar-refractivity contribution is 0.292. The summed E-state index contributed by atoms with van der Waals surface area (Å²) < 4.78 is 0. The van der Waals surface area contributed by atoms with Crippen molar-refractivity contribution in [2.45, 2.75) is 6.42 Å². The molecule has 0 aliphatic rings. The van der Waals surface area contributed by atoms with Crippen molar-refractivity contribution in [3.8, 4) is 11.4 Å². The van der Waals surface area contributed by atoms with Gasteiger partial charge in [-0.1, -0.05) is 12.1 Å². The van der Waals surface area contributed by atoms with Crippen molar-refractivity contribution in [3.63, 3.8) is 0 Å². The zero-order valence-corrected chi connectivity index (χ0v) is 11.7. The number of aromatic nitrogens is 2. The molecule has 0 bridgehead atoms. The number of nitrogens with zero attached hydrogens (tertiary/aromatic N) is 2. The molecule has 102 valence electrons. The van der Waals surface area contributed by atoms with Crippen molar-refractivity contribution in [1.29, 1.82) is 0 Å². The van der Waals surface area contributed by atoms with E-state index in [2.05, 4.69) is 15.3 Å². The first-order chi connectivity index (χ1) is 9.88. The first-order valence-corrected chi connectivity index (χ1v) is 7.47. The molecule has 0 unspecified atom stereocenters. The highest BCUT2D eigenvalue weighted by Gasteiger charge is 2.08. The number of thiophene rings is 1. The molecule has 4 nitrogen and oxygen atoms in total. The number of rotatable bonds is 5. The van der Waals surface area contributed by atoms with Gasteiger partial charge in [-0.15, -0.1) is 0 Å². The molecule has 1 aromatic carbocycles. The van der Waals surface area contributed by atoms with Crippen LogP contribution in [0.15, 0.2) is 41.1 Å². The number of anilines is 1. The average Bonchev–Trinajstić information content (AvgIpc) is 3.01. The van der Waals surface area contributed by atoms with Crippen LogP contribution in [0.2, 0.25) is 0 Å². The van der Waals surface area contributed by atoms with E-state index in [1.165, 1.54) is 0 Å². The summed E-state index contributed by atoms with van der Waals surface area (Å²) in [6.07, 6.45) is 0.701. The number of para-hydroxylation sites is 1. The molecular weight excluding hydrogens is 270 g/mol. The number of hydrogen-bond donors (Lipinski definition) is 2. The topological polar surface area (TPSA) is 58.0 Å². The Labute approximate surface area is 121 Å². The van der Waals surface area contributed by atoms with Gasteiger partial charge in [0.1, 0.15) is 5.82 Å². The van der Waals surface area contributed by atoms with Crippen LogP contribution in [0.5, 0.6) is 0 Å². The van der Waals surface area contributed by atoms with Crippen molar-refractivity contribution in [2.75, 3.05) is 18.5 Å². The third-order valence-corrected chi connectivity index (χ3v) is 3.69. The SMILES string of the molecule is OCCCNc1nc(-c2ccsc2)nc2ccccc12. The van der Waals surface area contributed by atoms with Gasteiger partial charge in [0.15, 0.2) is 5.82 Å². The van der Waals surface area contributed by atoms with E-state index in [0.717, 1.165) is 28.1 Å². The van der Waals surface area contributed by atoms with E-state index >= 15 is 0 Å². The number of nitrogens with one attached hydrogen (secondary N) is 1. The molecule has 0 aliphatic heterocycles. The lowest BCUT2D eigenvalue weighted by Gasteiger charge is -2.09. The van der Waals surface area contributed by atoms with Crippen LogP contribution in [0, 0.1) is 0 Å². The highest BCUT2D eigenvalue weighted by atomic mass is 32.1. The Morgan fingerprint density at radius 2 is 2.05 bits per heavy atom. The zero-order valence-electron chi connectivity index (χ0n) is 10.9. The highest BCUT2D eigenvalue weighted by Crippen LogP contribution is 2.25. The molecule has 0 saturated heterocycles. The van der Waals surface area contributed by atoms with Gasteiger partial charge in [0.05, 0.1) is 5.52 Å². The summed E-state index contributed by atoms with van der Waals surface area (Å²) in [5.74, 6) is 1.56. The third kappa shape index (κ3) is 2.64. The van der Waals surface area contributed by atoms with Crippen LogP contribution in [-0.2, 0) is 0 Å². The summed E-state index contributed by atoms with van der Waals surface area (Å²) in [7, 11) is 0. The Kier molecular flexibility index (Phi) is 3.90. The zero-order chi connectivity index (χ0) is 13.8. The Hall–Kier alpha value is -1.98. The fraction of sp³-hybridized carbons (Fsp3) is 0.200. The van der Waals surface area contributed by atoms with E-state index in [4.69, 9.17) is 5.11 Å². The summed E-state index contributed by atoms with van der Waals surface area (Å²) in [5.41, 5.74) is 1.96. The van der Waals surface area contributed by atoms with Gasteiger partial charge in [-0.2, -0.15) is 11.3 Å². The molecule has 0 saturated carbocycles. The molecule has 3 aromatic rings. The molecule has 0 atom stereocenters. The van der Waals surface area contributed by atoms with Crippen molar-refractivity contribution in [1.82, 2.24) is 9.97 Å². The van der Waals surface area contributed by atoms with E-state index in [1.807, 2.05) is 41.1 Å². The minimum atomic E-state index is 0.174. The second-order valence-corrected chi connectivity index (χ2v) is 5.21. The van der Waals surface area contributed by atoms with E-state index in [1.54, 1.807) is 11.3 Å². The largest absolute Gasteiger partial charge is 0.396 e. The summed E-state index contributed by atoms with van der Waals surface area (Å²) in [4.78, 5) is 9.23. The molecule has 0 aliphatic carbocycles. The number of aliphatic hydroxyl groups excluding tert-OH is 1. The average molecular weight is 285 g/mol. The van der Waals surface area contributed by atoms with Crippen LogP contribution in [0.3, 0.4) is 0 Å². The summed E-state index contributed by atoms with van der Waals surface area (Å²) in [5, 5.41) is 17.2. The summed E-state index contributed by atoms with van der Waals surface area (Å²) >= 11 is 1.63. The molecule has 0 fully saturated rings. The maximum atomic E-state index is 8.89. The predicted molar refractivity (Wildman–Crippen MR) is 83.0 cm³/mol. The number of fused-ring (bicyclic) bond motifs is 1. The van der Waals surface area contributed by atoms with Gasteiger partial charge in [-0.3, -0.25) is 0 Å². The van der Waals surface area contributed by atoms with E-state index in [0.29, 0.717) is 13.0 Å². The van der Waals surface area contributed by atoms with Gasteiger partial charge >= 0.3 is 0 Å². The minimum Gasteiger partial charge on any atom is -0.396 e. The number of hydrogen-bond acceptors (Lipinski definition) is 5. The Morgan fingerprint density at radius 3 is 2.85 bits per heavy atom. The standard InChI is InChI=1S/C15H15N3OS/c19-8-3-7-16-15-12-4-1-2-5-13(12)17-14(18-15)11-6-9-20-10-11/h1-2,4-6,9-10,19H,3,7-8H2,(H,16,17,18). The second-order valence-electron chi connectivity index (χ2n) is 4.43. The summed E-state index contributed by atoms with van der Waals surface area (Å²) in [6, 6.07) is 9.97. The molecule has 20 heavy (non-hydrogen) atoms. The quantitative estimate of drug-likeness (QED) is 0.707. The highest BCUT2D eigenvalue weighted by molar-refractivity contribution is 7.08. The van der Waals surface area contributed by atoms with Crippen LogP contribution in [0.25, 0.3) is 22.3 Å². The monoisotopic (exact) mass is 285 g/mol. The predicted octanol–water partition coefficient (Wildman–Crippen LogP) is 3.15. The molecule has 2 heterocycles. The lowest BCUT2D eigenvalue weighted by Crippen LogP contribution is -2.06. The first kappa shape index (κ1) is 13.0. The van der Waals surface area contributed by atoms with Crippen molar-refractivity contribution >= 4 is 28.1 Å². The van der Waals surface area contributed by atoms with Crippen LogP contribution in [0.1, 0.15) is 6.42 Å². The Morgan fingerprint density at radius 1 is 1.15 bits per heavy atom. The lowest BCUT2D eigenvalue weighted by atomic mass is 10.2. The fourth-order valence-electron chi connectivity index (χ4n) is 2.02. The third-order valence-electron chi connectivity index (χ3n) is 3.01. The Balaban J connectivity index is 2.05. The number of aliphatic hydroxyl groups is 1. The molecule has 2 aromatic heterocycles. The van der Waals surface area contributed by atoms with Gasteiger partial charge < -0.3 is 10.4 Å². The van der Waals surface area contributed by atoms with Crippen LogP contribution in [0.4, 0.5) is 5.82 Å². The second kappa shape index (κ2) is 5.98. The maximum absolute atomic E-state index is 8.89. The van der Waals surface area contributed by atoms with Crippen molar-refractivity contribution < 1.29 is 5.11 Å². The van der Waals surface area contributed by atoms with Gasteiger partial charge in [0.2, 0.25) is 0 Å². The molecule has 2 N–H and O–H groups in total. The maximum Gasteiger partial charge on any atom is 0.162 e. The van der Waals surface area contributed by atoms with Gasteiger partial charge in [0.25, 0.3) is 0 Å². The van der Waals surface area contributed by atoms with Crippen LogP contribution >= 0.6 is 11.3 Å². The smallest absolute Gasteiger partial charge is 0.162 e. The van der Waals surface area contributed by atoms with E-state index in [-0.39, 0.29) is 6.61 Å². The molecule has 3 rings (SSSR count). The van der Waals surface area contributed by atoms with E-state index in [9.17, 15) is 0 Å². The first-order valence-electron chi connectivity index (χ1n) is 6.52. The van der Waals surface area contributed by atoms with Crippen LogP contribution < -0.4 is 5.32 Å². The molecular formula is C15H15N3OS. The normalized spacial score (nSPS) is 10.8. The molecule has 0 spiro atoms. The Bertz CT molecular complexity index is 697. The van der Waals surface area contributed by atoms with Gasteiger partial charge in [0, 0.05) is 29.5 Å². The van der Waals surface area contributed by atoms with Gasteiger partial charge in [-0.05, 0) is 30.0 Å². The fourth-order valence-corrected chi connectivity index (χ4v) is 2.65. The minimum absolute atomic E-state index is 0.174. The van der Waals surface area contributed by atoms with E-state index < -0.39 is 0 Å². The van der Waals surface area contributed by atoms with Gasteiger partial charge in [-0.25, -0.2) is 9.97 Å².